The summed E-state index contributed by atoms with van der Waals surface area (Å²) in [5, 5.41) is 0. The Labute approximate surface area is 251 Å². The van der Waals surface area contributed by atoms with Crippen LogP contribution in [0.25, 0.3) is 0 Å². The van der Waals surface area contributed by atoms with Gasteiger partial charge < -0.3 is 18.5 Å². The highest BCUT2D eigenvalue weighted by Gasteiger charge is 2.28. The van der Waals surface area contributed by atoms with Crippen molar-refractivity contribution in [3.63, 3.8) is 0 Å². The van der Waals surface area contributed by atoms with Crippen molar-refractivity contribution in [2.24, 2.45) is 11.8 Å². The summed E-state index contributed by atoms with van der Waals surface area (Å²) in [6, 6.07) is 27.9. The van der Waals surface area contributed by atoms with Gasteiger partial charge in [-0.05, 0) is 48.2 Å². The molecular formula is C34H35O8P. The summed E-state index contributed by atoms with van der Waals surface area (Å²) in [7, 11) is -1.87. The summed E-state index contributed by atoms with van der Waals surface area (Å²) >= 11 is 0. The zero-order valence-corrected chi connectivity index (χ0v) is 25.5. The van der Waals surface area contributed by atoms with Gasteiger partial charge in [0.05, 0.1) is 25.3 Å². The van der Waals surface area contributed by atoms with Crippen LogP contribution in [0.3, 0.4) is 0 Å². The predicted molar refractivity (Wildman–Crippen MR) is 164 cm³/mol. The van der Waals surface area contributed by atoms with Crippen LogP contribution in [-0.2, 0) is 17.4 Å². The molecule has 8 nitrogen and oxygen atoms in total. The minimum atomic E-state index is -4.69. The fourth-order valence-corrected chi connectivity index (χ4v) is 5.60. The molecule has 0 spiro atoms. The lowest BCUT2D eigenvalue weighted by Crippen LogP contribution is -2.15. The smallest absolute Gasteiger partial charge is 0.496 e. The molecule has 0 aliphatic carbocycles. The minimum absolute atomic E-state index is 0.0246. The molecule has 0 aliphatic heterocycles. The number of ketones is 2. The summed E-state index contributed by atoms with van der Waals surface area (Å²) in [5.41, 5.74) is 2.74. The van der Waals surface area contributed by atoms with E-state index in [4.69, 9.17) is 18.5 Å². The molecule has 2 unspecified atom stereocenters. The van der Waals surface area contributed by atoms with Gasteiger partial charge in [0.1, 0.15) is 23.0 Å². The minimum Gasteiger partial charge on any atom is -0.496 e. The molecule has 0 amide bonds. The normalized spacial score (nSPS) is 13.7. The highest BCUT2D eigenvalue weighted by molar-refractivity contribution is 7.48. The largest absolute Gasteiger partial charge is 0.584 e. The highest BCUT2D eigenvalue weighted by atomic mass is 31.2. The van der Waals surface area contributed by atoms with Crippen LogP contribution >= 0.6 is 7.82 Å². The van der Waals surface area contributed by atoms with Crippen molar-refractivity contribution in [2.75, 3.05) is 14.2 Å². The Morgan fingerprint density at radius 1 is 0.651 bits per heavy atom. The molecule has 43 heavy (non-hydrogen) atoms. The van der Waals surface area contributed by atoms with Crippen molar-refractivity contribution in [3.8, 4) is 23.0 Å². The highest BCUT2D eigenvalue weighted by Crippen LogP contribution is 2.46. The lowest BCUT2D eigenvalue weighted by atomic mass is 9.92. The van der Waals surface area contributed by atoms with Crippen molar-refractivity contribution in [1.82, 2.24) is 0 Å². The van der Waals surface area contributed by atoms with Gasteiger partial charge in [0.25, 0.3) is 0 Å². The second kappa shape index (κ2) is 14.2. The van der Waals surface area contributed by atoms with E-state index in [9.17, 15) is 19.0 Å². The number of methoxy groups -OCH3 is 2. The second-order valence-corrected chi connectivity index (χ2v) is 11.6. The number of carbonyl (C=O) groups is 2. The molecule has 1 N–H and O–H groups in total. The first kappa shape index (κ1) is 31.5. The van der Waals surface area contributed by atoms with E-state index in [-0.39, 0.29) is 46.4 Å². The molecular weight excluding hydrogens is 567 g/mol. The molecule has 0 fully saturated rings. The van der Waals surface area contributed by atoms with Crippen LogP contribution in [0.15, 0.2) is 97.1 Å². The first-order valence-corrected chi connectivity index (χ1v) is 15.3. The Bertz CT molecular complexity index is 1490. The van der Waals surface area contributed by atoms with Gasteiger partial charge in [0, 0.05) is 24.0 Å². The van der Waals surface area contributed by atoms with Gasteiger partial charge in [-0.2, -0.15) is 0 Å². The third kappa shape index (κ3) is 8.34. The van der Waals surface area contributed by atoms with Crippen LogP contribution in [-0.4, -0.2) is 30.7 Å². The fraction of sp³-hybridized carbons (Fsp3) is 0.235. The number of hydrogen-bond donors (Lipinski definition) is 1. The molecule has 4 aromatic carbocycles. The number of phosphoric acid groups is 1. The first-order chi connectivity index (χ1) is 20.6. The molecule has 0 saturated heterocycles. The van der Waals surface area contributed by atoms with Gasteiger partial charge in [0.2, 0.25) is 0 Å². The van der Waals surface area contributed by atoms with E-state index >= 15 is 0 Å². The van der Waals surface area contributed by atoms with Gasteiger partial charge in [-0.15, -0.1) is 0 Å². The number of phosphoric ester groups is 1. The predicted octanol–water partition coefficient (Wildman–Crippen LogP) is 7.39. The molecule has 224 valence electrons. The van der Waals surface area contributed by atoms with E-state index < -0.39 is 7.82 Å². The SMILES string of the molecule is COc1cc(OP(=O)(O)Oc2ccc(C(=O)C(C)Cc3ccccc3)c(OC)c2)ccc1C(=O)C(C)Cc1ccccc1. The molecule has 9 heteroatoms. The van der Waals surface area contributed by atoms with Gasteiger partial charge >= 0.3 is 7.82 Å². The number of rotatable bonds is 14. The average molecular weight is 603 g/mol. The molecule has 4 rings (SSSR count). The van der Waals surface area contributed by atoms with E-state index in [1.54, 1.807) is 0 Å². The zero-order chi connectivity index (χ0) is 31.0. The number of benzene rings is 4. The van der Waals surface area contributed by atoms with Gasteiger partial charge in [-0.3, -0.25) is 14.5 Å². The molecule has 4 aromatic rings. The van der Waals surface area contributed by atoms with Crippen LogP contribution in [0.5, 0.6) is 23.0 Å². The monoisotopic (exact) mass is 602 g/mol. The standard InChI is InChI=1S/C34H35O8P/c1-23(19-25-11-7-5-8-12-25)33(35)29-17-15-27(21-31(29)39-3)41-43(37,38)42-28-16-18-30(32(22-28)40-4)34(36)24(2)20-26-13-9-6-10-14-26/h5-18,21-24H,19-20H2,1-4H3,(H,37,38). The Morgan fingerprint density at radius 2 is 1.02 bits per heavy atom. The first-order valence-electron chi connectivity index (χ1n) is 13.8. The molecule has 2 atom stereocenters. The molecule has 0 radical (unpaired) electrons. The van der Waals surface area contributed by atoms with Crippen LogP contribution < -0.4 is 18.5 Å². The molecule has 0 bridgehead atoms. The third-order valence-corrected chi connectivity index (χ3v) is 7.87. The lowest BCUT2D eigenvalue weighted by Gasteiger charge is -2.18. The summed E-state index contributed by atoms with van der Waals surface area (Å²) < 4.78 is 34.3. The number of Topliss-reactive ketones (excluding diaryl/α,β-unsaturated/α-hetero) is 2. The number of ether oxygens (including phenoxy) is 2. The van der Waals surface area contributed by atoms with Crippen molar-refractivity contribution in [1.29, 1.82) is 0 Å². The zero-order valence-electron chi connectivity index (χ0n) is 24.6. The maximum atomic E-state index is 13.2. The Hall–Kier alpha value is -4.39. The number of hydrogen-bond acceptors (Lipinski definition) is 7. The Balaban J connectivity index is 1.44. The Kier molecular flexibility index (Phi) is 10.4. The van der Waals surface area contributed by atoms with E-state index in [0.29, 0.717) is 24.0 Å². The van der Waals surface area contributed by atoms with E-state index in [1.807, 2.05) is 74.5 Å². The van der Waals surface area contributed by atoms with E-state index in [0.717, 1.165) is 11.1 Å². The van der Waals surface area contributed by atoms with Crippen LogP contribution in [0.4, 0.5) is 0 Å². The molecule has 0 aromatic heterocycles. The molecule has 0 aliphatic rings. The van der Waals surface area contributed by atoms with Crippen molar-refractivity contribution in [2.45, 2.75) is 26.7 Å². The van der Waals surface area contributed by atoms with Gasteiger partial charge in [0.15, 0.2) is 11.6 Å². The Morgan fingerprint density at radius 3 is 1.37 bits per heavy atom. The summed E-state index contributed by atoms with van der Waals surface area (Å²) in [6.07, 6.45) is 1.11. The molecule has 0 saturated carbocycles. The summed E-state index contributed by atoms with van der Waals surface area (Å²) in [5.74, 6) is -0.533. The average Bonchev–Trinajstić information content (AvgIpc) is 3.00. The van der Waals surface area contributed by atoms with Crippen LogP contribution in [0.2, 0.25) is 0 Å². The fourth-order valence-electron chi connectivity index (χ4n) is 4.80. The van der Waals surface area contributed by atoms with E-state index in [2.05, 4.69) is 0 Å². The van der Waals surface area contributed by atoms with Crippen molar-refractivity contribution < 1.29 is 37.6 Å². The van der Waals surface area contributed by atoms with Crippen LogP contribution in [0, 0.1) is 11.8 Å². The molecule has 0 heterocycles. The summed E-state index contributed by atoms with van der Waals surface area (Å²) in [6.45, 7) is 3.68. The lowest BCUT2D eigenvalue weighted by molar-refractivity contribution is 0.0919. The third-order valence-electron chi connectivity index (χ3n) is 6.98. The topological polar surface area (TPSA) is 108 Å². The maximum Gasteiger partial charge on any atom is 0.584 e. The second-order valence-electron chi connectivity index (χ2n) is 10.3. The van der Waals surface area contributed by atoms with Crippen LogP contribution in [0.1, 0.15) is 45.7 Å². The van der Waals surface area contributed by atoms with Gasteiger partial charge in [-0.25, -0.2) is 4.57 Å². The maximum absolute atomic E-state index is 13.2. The van der Waals surface area contributed by atoms with Crippen molar-refractivity contribution in [3.05, 3.63) is 119 Å². The number of carbonyl (C=O) groups excluding carboxylic acids is 2. The van der Waals surface area contributed by atoms with Gasteiger partial charge in [-0.1, -0.05) is 74.5 Å². The van der Waals surface area contributed by atoms with E-state index in [1.165, 1.54) is 50.6 Å². The quantitative estimate of drug-likeness (QED) is 0.118. The van der Waals surface area contributed by atoms with Crippen molar-refractivity contribution >= 4 is 19.4 Å². The summed E-state index contributed by atoms with van der Waals surface area (Å²) in [4.78, 5) is 36.8.